The lowest BCUT2D eigenvalue weighted by Crippen LogP contribution is -2.44. The minimum atomic E-state index is -4.82. The fourth-order valence-electron chi connectivity index (χ4n) is 2.53. The van der Waals surface area contributed by atoms with Gasteiger partial charge in [-0.3, -0.25) is 4.79 Å². The number of benzene rings is 1. The van der Waals surface area contributed by atoms with Crippen molar-refractivity contribution in [2.75, 3.05) is 5.32 Å². The maximum Gasteiger partial charge on any atom is 0.404 e. The minimum Gasteiger partial charge on any atom is -0.344 e. The largest absolute Gasteiger partial charge is 0.404 e. The van der Waals surface area contributed by atoms with Crippen LogP contribution in [-0.4, -0.2) is 31.1 Å². The molecule has 0 saturated carbocycles. The topological polar surface area (TPSA) is 104 Å². The number of hydrogen-bond donors (Lipinski definition) is 2. The number of alkyl halides is 3. The van der Waals surface area contributed by atoms with Gasteiger partial charge in [0, 0.05) is 18.9 Å². The van der Waals surface area contributed by atoms with Crippen molar-refractivity contribution in [3.8, 4) is 6.07 Å². The van der Waals surface area contributed by atoms with Crippen molar-refractivity contribution >= 4 is 33.2 Å². The van der Waals surface area contributed by atoms with Gasteiger partial charge in [-0.15, -0.1) is 0 Å². The number of carbonyl (C=O) groups excluding carboxylic acids is 1. The summed E-state index contributed by atoms with van der Waals surface area (Å²) in [5.74, 6) is -1.72. The molecule has 1 atom stereocenters. The van der Waals surface area contributed by atoms with Gasteiger partial charge in [0.15, 0.2) is 0 Å². The Bertz CT molecular complexity index is 1120. The number of nitriles is 1. The number of carbonyl (C=O) groups is 1. The van der Waals surface area contributed by atoms with Crippen molar-refractivity contribution in [1.82, 2.24) is 9.29 Å². The maximum absolute atomic E-state index is 13.4. The molecule has 1 heterocycles. The molecule has 13 heteroatoms. The Morgan fingerprint density at radius 1 is 1.37 bits per heavy atom. The van der Waals surface area contributed by atoms with E-state index >= 15 is 0 Å². The molecule has 2 N–H and O–H groups in total. The molecule has 0 saturated heterocycles. The van der Waals surface area contributed by atoms with Crippen LogP contribution in [0.3, 0.4) is 0 Å². The number of rotatable bonds is 6. The average Bonchev–Trinajstić information content (AvgIpc) is 2.95. The number of nitrogens with one attached hydrogen (secondary N) is 2. The van der Waals surface area contributed by atoms with Gasteiger partial charge in [0.05, 0.1) is 10.6 Å². The molecule has 2 aromatic rings. The van der Waals surface area contributed by atoms with Crippen molar-refractivity contribution in [3.05, 3.63) is 46.5 Å². The van der Waals surface area contributed by atoms with E-state index < -0.39 is 50.3 Å². The number of sulfonamides is 1. The fourth-order valence-corrected chi connectivity index (χ4v) is 4.53. The highest BCUT2D eigenvalue weighted by atomic mass is 35.5. The fraction of sp³-hybridized carbons (Fsp3) is 0.294. The first-order valence-electron chi connectivity index (χ1n) is 8.26. The van der Waals surface area contributed by atoms with Gasteiger partial charge in [-0.1, -0.05) is 18.5 Å². The van der Waals surface area contributed by atoms with E-state index in [0.717, 1.165) is 29.8 Å². The predicted molar refractivity (Wildman–Crippen MR) is 99.9 cm³/mol. The number of amides is 1. The Labute approximate surface area is 174 Å². The van der Waals surface area contributed by atoms with Crippen LogP contribution in [0, 0.1) is 17.1 Å². The zero-order chi connectivity index (χ0) is 22.9. The molecular weight excluding hydrogens is 452 g/mol. The zero-order valence-electron chi connectivity index (χ0n) is 15.5. The SMILES string of the molecule is CC[C@H](NS(=O)(=O)c1cn(C)c(C(=O)Nc2ccc(F)c(C#N)c2)c1Cl)C(F)(F)F. The van der Waals surface area contributed by atoms with Crippen LogP contribution in [0.4, 0.5) is 23.2 Å². The molecule has 0 radical (unpaired) electrons. The molecule has 0 aliphatic carbocycles. The van der Waals surface area contributed by atoms with Crippen LogP contribution in [0.2, 0.25) is 5.02 Å². The maximum atomic E-state index is 13.4. The normalized spacial score (nSPS) is 13.0. The molecule has 1 aromatic carbocycles. The van der Waals surface area contributed by atoms with E-state index in [1.807, 2.05) is 0 Å². The molecule has 2 rings (SSSR count). The van der Waals surface area contributed by atoms with Gasteiger partial charge < -0.3 is 9.88 Å². The second-order valence-electron chi connectivity index (χ2n) is 6.15. The van der Waals surface area contributed by atoms with Crippen LogP contribution in [0.15, 0.2) is 29.3 Å². The van der Waals surface area contributed by atoms with Crippen molar-refractivity contribution < 1.29 is 30.8 Å². The number of aromatic nitrogens is 1. The first kappa shape index (κ1) is 23.7. The molecule has 1 amide bonds. The van der Waals surface area contributed by atoms with Gasteiger partial charge in [0.1, 0.15) is 28.5 Å². The summed E-state index contributed by atoms with van der Waals surface area (Å²) in [6.45, 7) is 1.16. The van der Waals surface area contributed by atoms with E-state index in [1.165, 1.54) is 17.8 Å². The highest BCUT2D eigenvalue weighted by Crippen LogP contribution is 2.30. The van der Waals surface area contributed by atoms with Gasteiger partial charge in [-0.25, -0.2) is 12.8 Å². The van der Waals surface area contributed by atoms with E-state index in [-0.39, 0.29) is 16.9 Å². The minimum absolute atomic E-state index is 0.0286. The summed E-state index contributed by atoms with van der Waals surface area (Å²) < 4.78 is 79.6. The van der Waals surface area contributed by atoms with Crippen LogP contribution in [0.5, 0.6) is 0 Å². The third kappa shape index (κ3) is 4.92. The Morgan fingerprint density at radius 3 is 2.53 bits per heavy atom. The summed E-state index contributed by atoms with van der Waals surface area (Å²) in [5, 5.41) is 10.6. The van der Waals surface area contributed by atoms with Crippen LogP contribution in [0.25, 0.3) is 0 Å². The molecule has 0 aliphatic rings. The molecule has 7 nitrogen and oxygen atoms in total. The molecule has 0 spiro atoms. The smallest absolute Gasteiger partial charge is 0.344 e. The molecule has 0 bridgehead atoms. The quantitative estimate of drug-likeness (QED) is 0.635. The Hall–Kier alpha value is -2.62. The van der Waals surface area contributed by atoms with E-state index in [1.54, 1.807) is 6.07 Å². The second-order valence-corrected chi connectivity index (χ2v) is 8.21. The summed E-state index contributed by atoms with van der Waals surface area (Å²) in [6, 6.07) is 2.43. The summed E-state index contributed by atoms with van der Waals surface area (Å²) in [7, 11) is -3.44. The first-order chi connectivity index (χ1) is 13.8. The summed E-state index contributed by atoms with van der Waals surface area (Å²) in [4.78, 5) is 11.8. The molecule has 162 valence electrons. The van der Waals surface area contributed by atoms with Crippen molar-refractivity contribution in [2.45, 2.75) is 30.5 Å². The van der Waals surface area contributed by atoms with Gasteiger partial charge in [0.2, 0.25) is 10.0 Å². The Morgan fingerprint density at radius 2 is 2.00 bits per heavy atom. The van der Waals surface area contributed by atoms with Gasteiger partial charge in [0.25, 0.3) is 5.91 Å². The van der Waals surface area contributed by atoms with E-state index in [0.29, 0.717) is 0 Å². The molecule has 0 unspecified atom stereocenters. The lowest BCUT2D eigenvalue weighted by molar-refractivity contribution is -0.151. The van der Waals surface area contributed by atoms with Gasteiger partial charge in [-0.2, -0.15) is 23.2 Å². The molecule has 0 fully saturated rings. The molecular formula is C17H15ClF4N4O3S. The van der Waals surface area contributed by atoms with Crippen molar-refractivity contribution in [3.63, 3.8) is 0 Å². The third-order valence-corrected chi connectivity index (χ3v) is 6.02. The van der Waals surface area contributed by atoms with E-state index in [4.69, 9.17) is 16.9 Å². The van der Waals surface area contributed by atoms with Crippen LogP contribution < -0.4 is 10.0 Å². The first-order valence-corrected chi connectivity index (χ1v) is 10.1. The second kappa shape index (κ2) is 8.63. The number of halogens is 5. The third-order valence-electron chi connectivity index (χ3n) is 4.04. The van der Waals surface area contributed by atoms with Crippen molar-refractivity contribution in [1.29, 1.82) is 5.26 Å². The van der Waals surface area contributed by atoms with Crippen LogP contribution >= 0.6 is 11.6 Å². The monoisotopic (exact) mass is 466 g/mol. The molecule has 1 aromatic heterocycles. The lowest BCUT2D eigenvalue weighted by Gasteiger charge is -2.19. The number of nitrogens with zero attached hydrogens (tertiary/aromatic N) is 2. The molecule has 30 heavy (non-hydrogen) atoms. The summed E-state index contributed by atoms with van der Waals surface area (Å²) in [5.41, 5.74) is -0.670. The highest BCUT2D eigenvalue weighted by Gasteiger charge is 2.42. The highest BCUT2D eigenvalue weighted by molar-refractivity contribution is 7.89. The van der Waals surface area contributed by atoms with Gasteiger partial charge in [-0.05, 0) is 24.6 Å². The summed E-state index contributed by atoms with van der Waals surface area (Å²) >= 11 is 6.01. The van der Waals surface area contributed by atoms with Crippen LogP contribution in [0.1, 0.15) is 29.4 Å². The van der Waals surface area contributed by atoms with Gasteiger partial charge >= 0.3 is 6.18 Å². The number of aryl methyl sites for hydroxylation is 1. The van der Waals surface area contributed by atoms with E-state index in [2.05, 4.69) is 5.32 Å². The lowest BCUT2D eigenvalue weighted by atomic mass is 10.2. The van der Waals surface area contributed by atoms with E-state index in [9.17, 15) is 30.8 Å². The van der Waals surface area contributed by atoms with Crippen molar-refractivity contribution in [2.24, 2.45) is 7.05 Å². The van der Waals surface area contributed by atoms with Crippen LogP contribution in [-0.2, 0) is 17.1 Å². The molecule has 0 aliphatic heterocycles. The Balaban J connectivity index is 2.37. The predicted octanol–water partition coefficient (Wildman–Crippen LogP) is 3.56. The standard InChI is InChI=1S/C17H15ClF4N4O3S/c1-3-13(17(20,21)22)25-30(28,29)12-8-26(2)15(14(12)18)16(27)24-10-4-5-11(19)9(6-10)7-23/h4-6,8,13,25H,3H2,1-2H3,(H,24,27)/t13-/m0/s1. The number of hydrogen-bond acceptors (Lipinski definition) is 4. The number of anilines is 1. The Kier molecular flexibility index (Phi) is 6.80. The summed E-state index contributed by atoms with van der Waals surface area (Å²) in [6.07, 6.45) is -4.47. The average molecular weight is 467 g/mol. The zero-order valence-corrected chi connectivity index (χ0v) is 17.1.